The van der Waals surface area contributed by atoms with Crippen molar-refractivity contribution < 1.29 is 0 Å². The highest BCUT2D eigenvalue weighted by Gasteiger charge is 2.39. The molecule has 1 aromatic heterocycles. The van der Waals surface area contributed by atoms with E-state index in [1.165, 1.54) is 24.8 Å². The second-order valence-electron chi connectivity index (χ2n) is 6.22. The molecule has 4 nitrogen and oxygen atoms in total. The summed E-state index contributed by atoms with van der Waals surface area (Å²) in [4.78, 5) is 9.17. The van der Waals surface area contributed by atoms with Crippen molar-refractivity contribution in [2.75, 3.05) is 39.5 Å². The molecular formula is C16H28N4. The van der Waals surface area contributed by atoms with Gasteiger partial charge in [0, 0.05) is 31.4 Å². The van der Waals surface area contributed by atoms with Crippen LogP contribution in [0, 0.1) is 0 Å². The van der Waals surface area contributed by atoms with Crippen LogP contribution in [0.15, 0.2) is 18.3 Å². The number of aromatic nitrogens is 1. The average molecular weight is 276 g/mol. The summed E-state index contributed by atoms with van der Waals surface area (Å²) in [5.41, 5.74) is 1.72. The van der Waals surface area contributed by atoms with Gasteiger partial charge in [0.25, 0.3) is 0 Å². The Morgan fingerprint density at radius 1 is 1.30 bits per heavy atom. The molecular weight excluding hydrogens is 248 g/mol. The minimum absolute atomic E-state index is 0.395. The minimum atomic E-state index is 0.395. The van der Waals surface area contributed by atoms with Gasteiger partial charge in [-0.1, -0.05) is 0 Å². The van der Waals surface area contributed by atoms with Crippen LogP contribution in [0.2, 0.25) is 0 Å². The van der Waals surface area contributed by atoms with E-state index in [0.717, 1.165) is 25.5 Å². The van der Waals surface area contributed by atoms with Gasteiger partial charge in [0.1, 0.15) is 5.82 Å². The van der Waals surface area contributed by atoms with E-state index >= 15 is 0 Å². The maximum atomic E-state index is 4.33. The molecule has 4 heteroatoms. The smallest absolute Gasteiger partial charge is 0.126 e. The zero-order chi connectivity index (χ0) is 14.6. The summed E-state index contributed by atoms with van der Waals surface area (Å²) in [7, 11) is 6.64. The van der Waals surface area contributed by atoms with Gasteiger partial charge < -0.3 is 15.1 Å². The van der Waals surface area contributed by atoms with E-state index < -0.39 is 0 Å². The Bertz CT molecular complexity index is 426. The topological polar surface area (TPSA) is 31.4 Å². The molecule has 112 valence electrons. The fraction of sp³-hybridized carbons (Fsp3) is 0.688. The van der Waals surface area contributed by atoms with Crippen molar-refractivity contribution >= 4 is 5.82 Å². The first-order valence-corrected chi connectivity index (χ1v) is 7.60. The molecule has 2 rings (SSSR count). The highest BCUT2D eigenvalue weighted by atomic mass is 15.2. The van der Waals surface area contributed by atoms with E-state index in [2.05, 4.69) is 60.3 Å². The second-order valence-corrected chi connectivity index (χ2v) is 6.22. The predicted molar refractivity (Wildman–Crippen MR) is 85.0 cm³/mol. The summed E-state index contributed by atoms with van der Waals surface area (Å²) in [5.74, 6) is 0.976. The molecule has 0 amide bonds. The molecule has 1 fully saturated rings. The van der Waals surface area contributed by atoms with Gasteiger partial charge in [-0.05, 0) is 65.0 Å². The highest BCUT2D eigenvalue weighted by molar-refractivity contribution is 5.37. The maximum Gasteiger partial charge on any atom is 0.126 e. The molecule has 1 N–H and O–H groups in total. The van der Waals surface area contributed by atoms with Crippen LogP contribution in [0.4, 0.5) is 5.82 Å². The molecule has 0 aromatic carbocycles. The maximum absolute atomic E-state index is 4.33. The van der Waals surface area contributed by atoms with E-state index in [1.807, 2.05) is 6.20 Å². The number of pyridine rings is 1. The molecule has 0 saturated heterocycles. The zero-order valence-electron chi connectivity index (χ0n) is 13.3. The van der Waals surface area contributed by atoms with Gasteiger partial charge in [-0.25, -0.2) is 4.98 Å². The number of anilines is 1. The van der Waals surface area contributed by atoms with Gasteiger partial charge in [-0.3, -0.25) is 0 Å². The average Bonchev–Trinajstić information content (AvgIpc) is 2.34. The van der Waals surface area contributed by atoms with Gasteiger partial charge in [0.15, 0.2) is 0 Å². The van der Waals surface area contributed by atoms with Crippen LogP contribution in [-0.4, -0.2) is 54.6 Å². The molecule has 1 aliphatic rings. The third kappa shape index (κ3) is 3.49. The van der Waals surface area contributed by atoms with Crippen molar-refractivity contribution in [2.45, 2.75) is 38.3 Å². The van der Waals surface area contributed by atoms with Crippen LogP contribution < -0.4 is 5.32 Å². The Labute approximate surface area is 123 Å². The minimum Gasteiger partial charge on any atom is -0.370 e. The fourth-order valence-electron chi connectivity index (χ4n) is 3.05. The van der Waals surface area contributed by atoms with Crippen molar-refractivity contribution in [3.05, 3.63) is 23.9 Å². The van der Waals surface area contributed by atoms with Gasteiger partial charge in [-0.2, -0.15) is 0 Å². The normalized spacial score (nSPS) is 17.3. The number of hydrogen-bond acceptors (Lipinski definition) is 4. The van der Waals surface area contributed by atoms with E-state index in [9.17, 15) is 0 Å². The molecule has 0 unspecified atom stereocenters. The highest BCUT2D eigenvalue weighted by Crippen LogP contribution is 2.36. The van der Waals surface area contributed by atoms with E-state index in [1.54, 1.807) is 0 Å². The first-order chi connectivity index (χ1) is 9.55. The first-order valence-electron chi connectivity index (χ1n) is 7.60. The molecule has 1 aliphatic carbocycles. The van der Waals surface area contributed by atoms with Gasteiger partial charge in [-0.15, -0.1) is 0 Å². The lowest BCUT2D eigenvalue weighted by atomic mass is 9.75. The Balaban J connectivity index is 1.94. The number of likely N-dealkylation sites (N-methyl/N-ethyl adjacent to an activating group) is 2. The Morgan fingerprint density at radius 2 is 2.05 bits per heavy atom. The molecule has 0 radical (unpaired) electrons. The molecule has 1 aromatic rings. The van der Waals surface area contributed by atoms with Crippen LogP contribution in [-0.2, 0) is 6.54 Å². The lowest BCUT2D eigenvalue weighted by Crippen LogP contribution is -2.56. The van der Waals surface area contributed by atoms with Crippen molar-refractivity contribution in [1.29, 1.82) is 0 Å². The molecule has 20 heavy (non-hydrogen) atoms. The molecule has 0 bridgehead atoms. The summed E-state index contributed by atoms with van der Waals surface area (Å²) >= 11 is 0. The summed E-state index contributed by atoms with van der Waals surface area (Å²) in [6.45, 7) is 5.13. The SMILES string of the molecule is CCNc1cc(CN(C)CC2(N(C)C)CCC2)ccn1. The van der Waals surface area contributed by atoms with Crippen molar-refractivity contribution in [1.82, 2.24) is 14.8 Å². The number of hydrogen-bond donors (Lipinski definition) is 1. The monoisotopic (exact) mass is 276 g/mol. The van der Waals surface area contributed by atoms with Crippen LogP contribution >= 0.6 is 0 Å². The number of nitrogens with zero attached hydrogens (tertiary/aromatic N) is 3. The van der Waals surface area contributed by atoms with Crippen LogP contribution in [0.5, 0.6) is 0 Å². The molecule has 0 spiro atoms. The first kappa shape index (κ1) is 15.3. The zero-order valence-corrected chi connectivity index (χ0v) is 13.3. The Kier molecular flexibility index (Phi) is 5.00. The van der Waals surface area contributed by atoms with Gasteiger partial charge >= 0.3 is 0 Å². The Morgan fingerprint density at radius 3 is 2.60 bits per heavy atom. The van der Waals surface area contributed by atoms with Crippen LogP contribution in [0.3, 0.4) is 0 Å². The van der Waals surface area contributed by atoms with Crippen molar-refractivity contribution in [3.8, 4) is 0 Å². The molecule has 1 heterocycles. The third-order valence-electron chi connectivity index (χ3n) is 4.43. The van der Waals surface area contributed by atoms with E-state index in [0.29, 0.717) is 5.54 Å². The van der Waals surface area contributed by atoms with Crippen molar-refractivity contribution in [3.63, 3.8) is 0 Å². The lowest BCUT2D eigenvalue weighted by molar-refractivity contribution is 0.0259. The number of nitrogens with one attached hydrogen (secondary N) is 1. The van der Waals surface area contributed by atoms with Crippen molar-refractivity contribution in [2.24, 2.45) is 0 Å². The Hall–Kier alpha value is -1.13. The number of rotatable bonds is 7. The van der Waals surface area contributed by atoms with E-state index in [4.69, 9.17) is 0 Å². The standard InChI is InChI=1S/C16H28N4/c1-5-17-15-11-14(7-10-18-15)12-20(4)13-16(19(2)3)8-6-9-16/h7,10-11H,5-6,8-9,12-13H2,1-4H3,(H,17,18). The summed E-state index contributed by atoms with van der Waals surface area (Å²) in [6.07, 6.45) is 5.91. The fourth-order valence-corrected chi connectivity index (χ4v) is 3.05. The lowest BCUT2D eigenvalue weighted by Gasteiger charge is -2.49. The molecule has 1 saturated carbocycles. The second kappa shape index (κ2) is 6.55. The largest absolute Gasteiger partial charge is 0.370 e. The van der Waals surface area contributed by atoms with Crippen LogP contribution in [0.1, 0.15) is 31.7 Å². The van der Waals surface area contributed by atoms with Gasteiger partial charge in [0.2, 0.25) is 0 Å². The third-order valence-corrected chi connectivity index (χ3v) is 4.43. The quantitative estimate of drug-likeness (QED) is 0.829. The summed E-state index contributed by atoms with van der Waals surface area (Å²) in [6, 6.07) is 4.27. The molecule has 0 aliphatic heterocycles. The summed E-state index contributed by atoms with van der Waals surface area (Å²) in [5, 5.41) is 3.27. The molecule has 0 atom stereocenters. The van der Waals surface area contributed by atoms with Gasteiger partial charge in [0.05, 0.1) is 0 Å². The summed E-state index contributed by atoms with van der Waals surface area (Å²) < 4.78 is 0. The predicted octanol–water partition coefficient (Wildman–Crippen LogP) is 2.43. The van der Waals surface area contributed by atoms with E-state index in [-0.39, 0.29) is 0 Å². The van der Waals surface area contributed by atoms with Crippen LogP contribution in [0.25, 0.3) is 0 Å².